The number of hydrogen-bond donors (Lipinski definition) is 1. The molecular formula is C12H13NO2S. The molecule has 0 saturated heterocycles. The molecule has 1 aromatic carbocycles. The van der Waals surface area contributed by atoms with Crippen molar-refractivity contribution in [2.24, 2.45) is 0 Å². The van der Waals surface area contributed by atoms with Gasteiger partial charge in [0.1, 0.15) is 23.8 Å². The van der Waals surface area contributed by atoms with Gasteiger partial charge in [-0.2, -0.15) is 0 Å². The SMILES string of the molecule is COc1cccc(OCc2cccs2)c1N. The fraction of sp³-hybridized carbons (Fsp3) is 0.167. The van der Waals surface area contributed by atoms with Crippen molar-refractivity contribution >= 4 is 17.0 Å². The maximum atomic E-state index is 5.89. The highest BCUT2D eigenvalue weighted by atomic mass is 32.1. The van der Waals surface area contributed by atoms with Gasteiger partial charge in [-0.05, 0) is 23.6 Å². The van der Waals surface area contributed by atoms with E-state index in [1.807, 2.05) is 35.7 Å². The molecule has 1 heterocycles. The van der Waals surface area contributed by atoms with E-state index >= 15 is 0 Å². The van der Waals surface area contributed by atoms with Gasteiger partial charge in [0.05, 0.1) is 7.11 Å². The second-order valence-electron chi connectivity index (χ2n) is 3.24. The molecule has 0 bridgehead atoms. The van der Waals surface area contributed by atoms with Crippen molar-refractivity contribution in [1.82, 2.24) is 0 Å². The maximum absolute atomic E-state index is 5.89. The normalized spacial score (nSPS) is 10.1. The molecule has 2 aromatic rings. The molecule has 2 rings (SSSR count). The van der Waals surface area contributed by atoms with Gasteiger partial charge in [-0.25, -0.2) is 0 Å². The highest BCUT2D eigenvalue weighted by molar-refractivity contribution is 7.09. The molecule has 1 aromatic heterocycles. The first-order valence-electron chi connectivity index (χ1n) is 4.89. The van der Waals surface area contributed by atoms with Gasteiger partial charge in [-0.1, -0.05) is 12.1 Å². The number of para-hydroxylation sites is 1. The molecule has 0 unspecified atom stereocenters. The zero-order valence-electron chi connectivity index (χ0n) is 8.97. The highest BCUT2D eigenvalue weighted by Gasteiger charge is 2.06. The number of methoxy groups -OCH3 is 1. The summed E-state index contributed by atoms with van der Waals surface area (Å²) in [5, 5.41) is 2.02. The standard InChI is InChI=1S/C12H13NO2S/c1-14-10-5-2-6-11(12(10)13)15-8-9-4-3-7-16-9/h2-7H,8,13H2,1H3. The summed E-state index contributed by atoms with van der Waals surface area (Å²) in [5.41, 5.74) is 6.43. The van der Waals surface area contributed by atoms with Gasteiger partial charge in [0.25, 0.3) is 0 Å². The third-order valence-electron chi connectivity index (χ3n) is 2.20. The summed E-state index contributed by atoms with van der Waals surface area (Å²) in [6.45, 7) is 0.537. The molecular weight excluding hydrogens is 222 g/mol. The van der Waals surface area contributed by atoms with E-state index in [9.17, 15) is 0 Å². The van der Waals surface area contributed by atoms with Crippen LogP contribution in [0.15, 0.2) is 35.7 Å². The van der Waals surface area contributed by atoms with Crippen LogP contribution in [0.3, 0.4) is 0 Å². The largest absolute Gasteiger partial charge is 0.494 e. The molecule has 2 N–H and O–H groups in total. The molecule has 16 heavy (non-hydrogen) atoms. The lowest BCUT2D eigenvalue weighted by Gasteiger charge is -2.10. The molecule has 84 valence electrons. The molecule has 0 aliphatic heterocycles. The Hall–Kier alpha value is -1.68. The smallest absolute Gasteiger partial charge is 0.146 e. The minimum Gasteiger partial charge on any atom is -0.494 e. The quantitative estimate of drug-likeness (QED) is 0.829. The van der Waals surface area contributed by atoms with E-state index in [1.54, 1.807) is 18.4 Å². The fourth-order valence-corrected chi connectivity index (χ4v) is 1.99. The Morgan fingerprint density at radius 1 is 1.19 bits per heavy atom. The van der Waals surface area contributed by atoms with Crippen molar-refractivity contribution in [3.63, 3.8) is 0 Å². The fourth-order valence-electron chi connectivity index (χ4n) is 1.37. The minimum atomic E-state index is 0.537. The van der Waals surface area contributed by atoms with E-state index in [-0.39, 0.29) is 0 Å². The molecule has 0 aliphatic rings. The summed E-state index contributed by atoms with van der Waals surface area (Å²) in [7, 11) is 1.59. The summed E-state index contributed by atoms with van der Waals surface area (Å²) < 4.78 is 10.7. The first kappa shape index (κ1) is 10.8. The van der Waals surface area contributed by atoms with Crippen LogP contribution in [0.2, 0.25) is 0 Å². The maximum Gasteiger partial charge on any atom is 0.146 e. The van der Waals surface area contributed by atoms with Crippen LogP contribution in [0, 0.1) is 0 Å². The number of thiophene rings is 1. The second kappa shape index (κ2) is 4.90. The van der Waals surface area contributed by atoms with E-state index in [2.05, 4.69) is 0 Å². The van der Waals surface area contributed by atoms with E-state index in [0.29, 0.717) is 23.8 Å². The molecule has 0 aliphatic carbocycles. The Bertz CT molecular complexity index is 454. The van der Waals surface area contributed by atoms with Gasteiger partial charge in [-0.15, -0.1) is 11.3 Å². The lowest BCUT2D eigenvalue weighted by Crippen LogP contribution is -1.99. The van der Waals surface area contributed by atoms with E-state index in [0.717, 1.165) is 0 Å². The third kappa shape index (κ3) is 2.28. The molecule has 0 fully saturated rings. The van der Waals surface area contributed by atoms with Crippen LogP contribution in [0.1, 0.15) is 4.88 Å². The third-order valence-corrected chi connectivity index (χ3v) is 3.05. The average molecular weight is 235 g/mol. The molecule has 0 atom stereocenters. The zero-order chi connectivity index (χ0) is 11.4. The van der Waals surface area contributed by atoms with Gasteiger partial charge >= 0.3 is 0 Å². The van der Waals surface area contributed by atoms with E-state index < -0.39 is 0 Å². The summed E-state index contributed by atoms with van der Waals surface area (Å²) in [6, 6.07) is 9.54. The first-order valence-corrected chi connectivity index (χ1v) is 5.77. The van der Waals surface area contributed by atoms with Gasteiger partial charge in [0, 0.05) is 4.88 Å². The summed E-state index contributed by atoms with van der Waals surface area (Å²) >= 11 is 1.66. The lowest BCUT2D eigenvalue weighted by atomic mass is 10.3. The Morgan fingerprint density at radius 3 is 2.69 bits per heavy atom. The van der Waals surface area contributed by atoms with Gasteiger partial charge in [0.15, 0.2) is 0 Å². The van der Waals surface area contributed by atoms with Crippen LogP contribution < -0.4 is 15.2 Å². The summed E-state index contributed by atoms with van der Waals surface area (Å²) in [4.78, 5) is 1.17. The van der Waals surface area contributed by atoms with Crippen LogP contribution >= 0.6 is 11.3 Å². The lowest BCUT2D eigenvalue weighted by molar-refractivity contribution is 0.309. The van der Waals surface area contributed by atoms with Crippen LogP contribution in [0.4, 0.5) is 5.69 Å². The van der Waals surface area contributed by atoms with Crippen molar-refractivity contribution in [2.75, 3.05) is 12.8 Å². The summed E-state index contributed by atoms with van der Waals surface area (Å²) in [5.74, 6) is 1.30. The Kier molecular flexibility index (Phi) is 3.31. The molecule has 0 radical (unpaired) electrons. The van der Waals surface area contributed by atoms with Crippen molar-refractivity contribution in [3.05, 3.63) is 40.6 Å². The molecule has 0 saturated carbocycles. The van der Waals surface area contributed by atoms with Crippen LogP contribution in [-0.2, 0) is 6.61 Å². The number of rotatable bonds is 4. The van der Waals surface area contributed by atoms with E-state index in [4.69, 9.17) is 15.2 Å². The topological polar surface area (TPSA) is 44.5 Å². The molecule has 0 amide bonds. The molecule has 0 spiro atoms. The predicted molar refractivity (Wildman–Crippen MR) is 66.1 cm³/mol. The monoisotopic (exact) mass is 235 g/mol. The van der Waals surface area contributed by atoms with Crippen molar-refractivity contribution < 1.29 is 9.47 Å². The van der Waals surface area contributed by atoms with Gasteiger partial charge in [0.2, 0.25) is 0 Å². The van der Waals surface area contributed by atoms with Gasteiger partial charge < -0.3 is 15.2 Å². The van der Waals surface area contributed by atoms with Crippen molar-refractivity contribution in [2.45, 2.75) is 6.61 Å². The number of nitrogen functional groups attached to an aromatic ring is 1. The molecule has 4 heteroatoms. The van der Waals surface area contributed by atoms with Crippen LogP contribution in [-0.4, -0.2) is 7.11 Å². The van der Waals surface area contributed by atoms with Crippen LogP contribution in [0.25, 0.3) is 0 Å². The second-order valence-corrected chi connectivity index (χ2v) is 4.27. The number of anilines is 1. The van der Waals surface area contributed by atoms with Crippen molar-refractivity contribution in [3.8, 4) is 11.5 Å². The Labute approximate surface area is 98.4 Å². The minimum absolute atomic E-state index is 0.537. The highest BCUT2D eigenvalue weighted by Crippen LogP contribution is 2.31. The van der Waals surface area contributed by atoms with Crippen LogP contribution in [0.5, 0.6) is 11.5 Å². The first-order chi connectivity index (χ1) is 7.81. The zero-order valence-corrected chi connectivity index (χ0v) is 9.79. The Morgan fingerprint density at radius 2 is 2.00 bits per heavy atom. The number of ether oxygens (including phenoxy) is 2. The average Bonchev–Trinajstić information content (AvgIpc) is 2.81. The number of hydrogen-bond acceptors (Lipinski definition) is 4. The predicted octanol–water partition coefficient (Wildman–Crippen LogP) is 2.92. The number of benzene rings is 1. The molecule has 3 nitrogen and oxygen atoms in total. The number of nitrogens with two attached hydrogens (primary N) is 1. The van der Waals surface area contributed by atoms with Gasteiger partial charge in [-0.3, -0.25) is 0 Å². The Balaban J connectivity index is 2.09. The van der Waals surface area contributed by atoms with Crippen molar-refractivity contribution in [1.29, 1.82) is 0 Å². The summed E-state index contributed by atoms with van der Waals surface area (Å²) in [6.07, 6.45) is 0. The van der Waals surface area contributed by atoms with E-state index in [1.165, 1.54) is 4.88 Å².